The number of halogens is 1. The molecule has 2 rings (SSSR count). The van der Waals surface area contributed by atoms with Gasteiger partial charge in [-0.1, -0.05) is 19.9 Å². The van der Waals surface area contributed by atoms with Gasteiger partial charge in [-0.3, -0.25) is 4.90 Å². The van der Waals surface area contributed by atoms with Gasteiger partial charge in [0.25, 0.3) is 0 Å². The van der Waals surface area contributed by atoms with Crippen LogP contribution in [0.5, 0.6) is 5.75 Å². The van der Waals surface area contributed by atoms with Crippen molar-refractivity contribution in [3.05, 3.63) is 29.6 Å². The summed E-state index contributed by atoms with van der Waals surface area (Å²) < 4.78 is 18.9. The summed E-state index contributed by atoms with van der Waals surface area (Å²) in [6.07, 6.45) is 2.23. The van der Waals surface area contributed by atoms with Crippen molar-refractivity contribution in [2.24, 2.45) is 0 Å². The Morgan fingerprint density at radius 2 is 2.14 bits per heavy atom. The molecule has 0 amide bonds. The molecule has 0 bridgehead atoms. The van der Waals surface area contributed by atoms with Crippen LogP contribution in [0.25, 0.3) is 0 Å². The van der Waals surface area contributed by atoms with Crippen LogP contribution in [0.3, 0.4) is 0 Å². The maximum atomic E-state index is 13.9. The second kappa shape index (κ2) is 7.23. The molecule has 21 heavy (non-hydrogen) atoms. The number of benzene rings is 1. The predicted octanol–water partition coefficient (Wildman–Crippen LogP) is 3.36. The van der Waals surface area contributed by atoms with Gasteiger partial charge in [0.2, 0.25) is 0 Å². The van der Waals surface area contributed by atoms with Crippen LogP contribution in [-0.4, -0.2) is 37.2 Å². The standard InChI is InChI=1S/C17H27FN2O/c1-5-14-11-20(15(6-2)10-19-14)12(3)13-7-8-17(21-4)16(18)9-13/h7-9,12,14-15,19H,5-6,10-11H2,1-4H3. The first-order chi connectivity index (χ1) is 10.1. The molecule has 0 spiro atoms. The Morgan fingerprint density at radius 3 is 2.71 bits per heavy atom. The third-order valence-electron chi connectivity index (χ3n) is 4.66. The lowest BCUT2D eigenvalue weighted by Crippen LogP contribution is -2.56. The smallest absolute Gasteiger partial charge is 0.165 e. The molecule has 1 fully saturated rings. The van der Waals surface area contributed by atoms with Gasteiger partial charge in [0, 0.05) is 31.2 Å². The lowest BCUT2D eigenvalue weighted by molar-refractivity contribution is 0.0848. The van der Waals surface area contributed by atoms with Crippen LogP contribution in [-0.2, 0) is 0 Å². The van der Waals surface area contributed by atoms with Crippen LogP contribution in [0, 0.1) is 5.82 Å². The van der Waals surface area contributed by atoms with Crippen molar-refractivity contribution in [2.45, 2.75) is 51.7 Å². The average molecular weight is 294 g/mol. The molecule has 118 valence electrons. The van der Waals surface area contributed by atoms with Crippen LogP contribution >= 0.6 is 0 Å². The first kappa shape index (κ1) is 16.2. The molecule has 3 unspecified atom stereocenters. The normalized spacial score (nSPS) is 24.8. The van der Waals surface area contributed by atoms with E-state index in [9.17, 15) is 4.39 Å². The molecule has 1 N–H and O–H groups in total. The van der Waals surface area contributed by atoms with Crippen molar-refractivity contribution in [3.63, 3.8) is 0 Å². The lowest BCUT2D eigenvalue weighted by Gasteiger charge is -2.43. The van der Waals surface area contributed by atoms with Gasteiger partial charge in [-0.15, -0.1) is 0 Å². The van der Waals surface area contributed by atoms with Crippen LogP contribution in [0.2, 0.25) is 0 Å². The van der Waals surface area contributed by atoms with Crippen molar-refractivity contribution in [1.29, 1.82) is 0 Å². The summed E-state index contributed by atoms with van der Waals surface area (Å²) >= 11 is 0. The third-order valence-corrected chi connectivity index (χ3v) is 4.66. The third kappa shape index (κ3) is 3.55. The first-order valence-corrected chi connectivity index (χ1v) is 7.93. The fraction of sp³-hybridized carbons (Fsp3) is 0.647. The van der Waals surface area contributed by atoms with Crippen molar-refractivity contribution in [3.8, 4) is 5.75 Å². The summed E-state index contributed by atoms with van der Waals surface area (Å²) in [6, 6.07) is 6.56. The van der Waals surface area contributed by atoms with E-state index in [1.807, 2.05) is 6.07 Å². The molecule has 1 aromatic rings. The fourth-order valence-electron chi connectivity index (χ4n) is 3.15. The van der Waals surface area contributed by atoms with E-state index >= 15 is 0 Å². The van der Waals surface area contributed by atoms with Crippen molar-refractivity contribution in [1.82, 2.24) is 10.2 Å². The number of hydrogen-bond acceptors (Lipinski definition) is 3. The summed E-state index contributed by atoms with van der Waals surface area (Å²) in [5.41, 5.74) is 1.02. The number of rotatable bonds is 5. The second-order valence-electron chi connectivity index (χ2n) is 5.84. The van der Waals surface area contributed by atoms with E-state index in [1.165, 1.54) is 7.11 Å². The molecule has 4 heteroatoms. The maximum absolute atomic E-state index is 13.9. The quantitative estimate of drug-likeness (QED) is 0.901. The summed E-state index contributed by atoms with van der Waals surface area (Å²) in [5, 5.41) is 3.60. The predicted molar refractivity (Wildman–Crippen MR) is 84.2 cm³/mol. The van der Waals surface area contributed by atoms with E-state index in [-0.39, 0.29) is 11.9 Å². The molecular weight excluding hydrogens is 267 g/mol. The number of methoxy groups -OCH3 is 1. The first-order valence-electron chi connectivity index (χ1n) is 7.93. The van der Waals surface area contributed by atoms with E-state index in [2.05, 4.69) is 31.0 Å². The van der Waals surface area contributed by atoms with Gasteiger partial charge in [0.05, 0.1) is 7.11 Å². The number of hydrogen-bond donors (Lipinski definition) is 1. The minimum atomic E-state index is -0.280. The van der Waals surface area contributed by atoms with E-state index in [0.29, 0.717) is 17.8 Å². The summed E-state index contributed by atoms with van der Waals surface area (Å²) in [4.78, 5) is 2.51. The molecular formula is C17H27FN2O. The fourth-order valence-corrected chi connectivity index (χ4v) is 3.15. The molecule has 3 atom stereocenters. The van der Waals surface area contributed by atoms with Crippen LogP contribution in [0.1, 0.15) is 45.2 Å². The Labute approximate surface area is 127 Å². The largest absolute Gasteiger partial charge is 0.494 e. The van der Waals surface area contributed by atoms with Crippen LogP contribution in [0.15, 0.2) is 18.2 Å². The molecule has 1 aliphatic rings. The van der Waals surface area contributed by atoms with E-state index in [4.69, 9.17) is 4.74 Å². The minimum Gasteiger partial charge on any atom is -0.494 e. The van der Waals surface area contributed by atoms with Gasteiger partial charge in [-0.05, 0) is 37.5 Å². The van der Waals surface area contributed by atoms with Gasteiger partial charge in [0.1, 0.15) is 0 Å². The highest BCUT2D eigenvalue weighted by Gasteiger charge is 2.30. The second-order valence-corrected chi connectivity index (χ2v) is 5.84. The van der Waals surface area contributed by atoms with Gasteiger partial charge in [-0.25, -0.2) is 4.39 Å². The average Bonchev–Trinajstić information content (AvgIpc) is 2.53. The van der Waals surface area contributed by atoms with Gasteiger partial charge < -0.3 is 10.1 Å². The SMILES string of the molecule is CCC1CN(C(C)c2ccc(OC)c(F)c2)C(CC)CN1. The summed E-state index contributed by atoms with van der Waals surface area (Å²) in [5.74, 6) is 0.0295. The van der Waals surface area contributed by atoms with Crippen molar-refractivity contribution in [2.75, 3.05) is 20.2 Å². The highest BCUT2D eigenvalue weighted by atomic mass is 19.1. The van der Waals surface area contributed by atoms with E-state index in [1.54, 1.807) is 12.1 Å². The van der Waals surface area contributed by atoms with E-state index in [0.717, 1.165) is 31.5 Å². The Morgan fingerprint density at radius 1 is 1.38 bits per heavy atom. The maximum Gasteiger partial charge on any atom is 0.165 e. The minimum absolute atomic E-state index is 0.214. The van der Waals surface area contributed by atoms with Crippen molar-refractivity contribution >= 4 is 0 Å². The molecule has 1 saturated heterocycles. The molecule has 3 nitrogen and oxygen atoms in total. The van der Waals surface area contributed by atoms with Gasteiger partial charge >= 0.3 is 0 Å². The molecule has 1 aliphatic heterocycles. The molecule has 0 radical (unpaired) electrons. The summed E-state index contributed by atoms with van der Waals surface area (Å²) in [6.45, 7) is 8.62. The van der Waals surface area contributed by atoms with Gasteiger partial charge in [-0.2, -0.15) is 0 Å². The number of nitrogens with one attached hydrogen (secondary N) is 1. The number of piperazine rings is 1. The Kier molecular flexibility index (Phi) is 5.59. The van der Waals surface area contributed by atoms with E-state index < -0.39 is 0 Å². The number of ether oxygens (including phenoxy) is 1. The highest BCUT2D eigenvalue weighted by Crippen LogP contribution is 2.29. The van der Waals surface area contributed by atoms with Crippen LogP contribution < -0.4 is 10.1 Å². The zero-order chi connectivity index (χ0) is 15.4. The molecule has 1 heterocycles. The molecule has 1 aromatic carbocycles. The molecule has 0 aliphatic carbocycles. The highest BCUT2D eigenvalue weighted by molar-refractivity contribution is 5.31. The topological polar surface area (TPSA) is 24.5 Å². The Hall–Kier alpha value is -1.13. The Bertz CT molecular complexity index is 466. The number of nitrogens with zero attached hydrogens (tertiary/aromatic N) is 1. The monoisotopic (exact) mass is 294 g/mol. The van der Waals surface area contributed by atoms with Crippen molar-refractivity contribution < 1.29 is 9.13 Å². The molecule has 0 aromatic heterocycles. The zero-order valence-electron chi connectivity index (χ0n) is 13.5. The zero-order valence-corrected chi connectivity index (χ0v) is 13.5. The molecule has 0 saturated carbocycles. The van der Waals surface area contributed by atoms with Gasteiger partial charge in [0.15, 0.2) is 11.6 Å². The summed E-state index contributed by atoms with van der Waals surface area (Å²) in [7, 11) is 1.50. The Balaban J connectivity index is 2.19. The van der Waals surface area contributed by atoms with Crippen LogP contribution in [0.4, 0.5) is 4.39 Å². The lowest BCUT2D eigenvalue weighted by atomic mass is 9.98.